The van der Waals surface area contributed by atoms with Crippen molar-refractivity contribution in [3.05, 3.63) is 42.5 Å². The molecule has 6 nitrogen and oxygen atoms in total. The smallest absolute Gasteiger partial charge is 0.482 e. The van der Waals surface area contributed by atoms with E-state index in [1.165, 1.54) is 18.2 Å². The van der Waals surface area contributed by atoms with Gasteiger partial charge in [-0.25, -0.2) is 0 Å². The van der Waals surface area contributed by atoms with Crippen LogP contribution in [0.2, 0.25) is 0 Å². The van der Waals surface area contributed by atoms with Gasteiger partial charge in [0.25, 0.3) is 5.91 Å². The van der Waals surface area contributed by atoms with Gasteiger partial charge in [-0.1, -0.05) is 12.1 Å². The van der Waals surface area contributed by atoms with E-state index in [-0.39, 0.29) is 17.2 Å². The SMILES string of the molecule is CC1Oc2ccccc2OC1C(=O)Nc1ccc2c(c1)OC(F)(F)O2. The molecule has 2 aliphatic rings. The summed E-state index contributed by atoms with van der Waals surface area (Å²) in [5.74, 6) is 0.313. The van der Waals surface area contributed by atoms with Crippen LogP contribution >= 0.6 is 0 Å². The first-order chi connectivity index (χ1) is 11.9. The minimum absolute atomic E-state index is 0.0949. The summed E-state index contributed by atoms with van der Waals surface area (Å²) in [6.45, 7) is 1.71. The third-order valence-electron chi connectivity index (χ3n) is 3.77. The lowest BCUT2D eigenvalue weighted by Crippen LogP contribution is -2.46. The molecular formula is C17H13F2NO5. The summed E-state index contributed by atoms with van der Waals surface area (Å²) in [5, 5.41) is 2.61. The summed E-state index contributed by atoms with van der Waals surface area (Å²) < 4.78 is 46.1. The normalized spacial score (nSPS) is 22.4. The van der Waals surface area contributed by atoms with Gasteiger partial charge < -0.3 is 24.3 Å². The number of anilines is 1. The number of halogens is 2. The van der Waals surface area contributed by atoms with Crippen LogP contribution in [0.5, 0.6) is 23.0 Å². The number of fused-ring (bicyclic) bond motifs is 2. The second kappa shape index (κ2) is 5.51. The van der Waals surface area contributed by atoms with Crippen molar-refractivity contribution < 1.29 is 32.5 Å². The van der Waals surface area contributed by atoms with Gasteiger partial charge in [0.15, 0.2) is 23.0 Å². The standard InChI is InChI=1S/C17H13F2NO5/c1-9-15(23-12-5-3-2-4-11(12)22-9)16(21)20-10-6-7-13-14(8-10)25-17(18,19)24-13/h2-9,15H,1H3,(H,20,21). The van der Waals surface area contributed by atoms with E-state index >= 15 is 0 Å². The Morgan fingerprint density at radius 1 is 1.00 bits per heavy atom. The lowest BCUT2D eigenvalue weighted by atomic mass is 10.1. The highest BCUT2D eigenvalue weighted by Crippen LogP contribution is 2.42. The fraction of sp³-hybridized carbons (Fsp3) is 0.235. The van der Waals surface area contributed by atoms with E-state index in [9.17, 15) is 13.6 Å². The number of amides is 1. The molecule has 2 unspecified atom stereocenters. The van der Waals surface area contributed by atoms with Crippen LogP contribution in [-0.2, 0) is 4.79 Å². The molecule has 8 heteroatoms. The maximum absolute atomic E-state index is 13.0. The second-order valence-corrected chi connectivity index (χ2v) is 5.63. The number of ether oxygens (including phenoxy) is 4. The van der Waals surface area contributed by atoms with E-state index in [4.69, 9.17) is 9.47 Å². The van der Waals surface area contributed by atoms with Crippen LogP contribution in [0.25, 0.3) is 0 Å². The number of hydrogen-bond acceptors (Lipinski definition) is 5. The monoisotopic (exact) mass is 349 g/mol. The Balaban J connectivity index is 1.50. The van der Waals surface area contributed by atoms with Crippen LogP contribution < -0.4 is 24.3 Å². The van der Waals surface area contributed by atoms with Crippen molar-refractivity contribution >= 4 is 11.6 Å². The topological polar surface area (TPSA) is 66.0 Å². The molecule has 1 N–H and O–H groups in total. The second-order valence-electron chi connectivity index (χ2n) is 5.63. The molecule has 0 radical (unpaired) electrons. The van der Waals surface area contributed by atoms with Crippen molar-refractivity contribution in [3.63, 3.8) is 0 Å². The number of hydrogen-bond donors (Lipinski definition) is 1. The van der Waals surface area contributed by atoms with Crippen molar-refractivity contribution in [1.29, 1.82) is 0 Å². The molecule has 0 aliphatic carbocycles. The third kappa shape index (κ3) is 2.90. The number of para-hydroxylation sites is 2. The predicted octanol–water partition coefficient (Wildman–Crippen LogP) is 3.18. The Morgan fingerprint density at radius 2 is 1.68 bits per heavy atom. The highest BCUT2D eigenvalue weighted by Gasteiger charge is 2.43. The largest absolute Gasteiger partial charge is 0.586 e. The zero-order valence-electron chi connectivity index (χ0n) is 13.0. The molecule has 0 saturated carbocycles. The lowest BCUT2D eigenvalue weighted by molar-refractivity contribution is -0.286. The van der Waals surface area contributed by atoms with E-state index in [2.05, 4.69) is 14.8 Å². The van der Waals surface area contributed by atoms with Gasteiger partial charge in [-0.2, -0.15) is 0 Å². The molecule has 2 aromatic carbocycles. The highest BCUT2D eigenvalue weighted by molar-refractivity contribution is 5.95. The third-order valence-corrected chi connectivity index (χ3v) is 3.77. The minimum atomic E-state index is -3.70. The summed E-state index contributed by atoms with van der Waals surface area (Å²) >= 11 is 0. The van der Waals surface area contributed by atoms with Crippen LogP contribution in [-0.4, -0.2) is 24.4 Å². The first-order valence-corrected chi connectivity index (χ1v) is 7.54. The molecular weight excluding hydrogens is 336 g/mol. The zero-order chi connectivity index (χ0) is 17.6. The molecule has 2 aliphatic heterocycles. The summed E-state index contributed by atoms with van der Waals surface area (Å²) in [6, 6.07) is 11.0. The van der Waals surface area contributed by atoms with Gasteiger partial charge in [0.2, 0.25) is 6.10 Å². The van der Waals surface area contributed by atoms with Gasteiger partial charge in [0, 0.05) is 11.8 Å². The van der Waals surface area contributed by atoms with Crippen molar-refractivity contribution in [2.75, 3.05) is 5.32 Å². The van der Waals surface area contributed by atoms with Gasteiger partial charge in [0.1, 0.15) is 6.10 Å². The van der Waals surface area contributed by atoms with Gasteiger partial charge >= 0.3 is 6.29 Å². The average Bonchev–Trinajstić information content (AvgIpc) is 2.87. The maximum atomic E-state index is 13.0. The van der Waals surface area contributed by atoms with Gasteiger partial charge in [-0.3, -0.25) is 4.79 Å². The van der Waals surface area contributed by atoms with Crippen molar-refractivity contribution in [1.82, 2.24) is 0 Å². The molecule has 4 rings (SSSR count). The fourth-order valence-corrected chi connectivity index (χ4v) is 2.65. The van der Waals surface area contributed by atoms with Crippen LogP contribution in [0.1, 0.15) is 6.92 Å². The van der Waals surface area contributed by atoms with Crippen molar-refractivity contribution in [2.45, 2.75) is 25.4 Å². The summed E-state index contributed by atoms with van der Waals surface area (Å²) in [7, 11) is 0. The molecule has 0 spiro atoms. The van der Waals surface area contributed by atoms with Crippen molar-refractivity contribution in [2.24, 2.45) is 0 Å². The summed E-state index contributed by atoms with van der Waals surface area (Å²) in [5.41, 5.74) is 0.278. The summed E-state index contributed by atoms with van der Waals surface area (Å²) in [4.78, 5) is 12.5. The van der Waals surface area contributed by atoms with Crippen LogP contribution in [0.4, 0.5) is 14.5 Å². The quantitative estimate of drug-likeness (QED) is 0.902. The molecule has 0 saturated heterocycles. The first-order valence-electron chi connectivity index (χ1n) is 7.54. The number of carbonyl (C=O) groups excluding carboxylic acids is 1. The fourth-order valence-electron chi connectivity index (χ4n) is 2.65. The van der Waals surface area contributed by atoms with Gasteiger partial charge in [0.05, 0.1) is 0 Å². The Kier molecular flexibility index (Phi) is 3.41. The predicted molar refractivity (Wildman–Crippen MR) is 82.2 cm³/mol. The number of rotatable bonds is 2. The molecule has 2 atom stereocenters. The molecule has 2 heterocycles. The van der Waals surface area contributed by atoms with Gasteiger partial charge in [-0.05, 0) is 31.2 Å². The molecule has 0 aromatic heterocycles. The maximum Gasteiger partial charge on any atom is 0.586 e. The molecule has 1 amide bonds. The minimum Gasteiger partial charge on any atom is -0.482 e. The molecule has 25 heavy (non-hydrogen) atoms. The number of alkyl halides is 2. The molecule has 2 aromatic rings. The Hall–Kier alpha value is -3.03. The molecule has 0 bridgehead atoms. The average molecular weight is 349 g/mol. The number of carbonyl (C=O) groups is 1. The Bertz CT molecular complexity index is 842. The summed E-state index contributed by atoms with van der Waals surface area (Å²) in [6.07, 6.45) is -5.11. The van der Waals surface area contributed by atoms with E-state index in [0.29, 0.717) is 11.5 Å². The van der Waals surface area contributed by atoms with E-state index < -0.39 is 24.4 Å². The van der Waals surface area contributed by atoms with E-state index in [1.807, 2.05) is 0 Å². The molecule has 0 fully saturated rings. The Morgan fingerprint density at radius 3 is 2.44 bits per heavy atom. The zero-order valence-corrected chi connectivity index (χ0v) is 13.0. The van der Waals surface area contributed by atoms with E-state index in [1.54, 1.807) is 31.2 Å². The van der Waals surface area contributed by atoms with Crippen LogP contribution in [0, 0.1) is 0 Å². The molecule has 130 valence electrons. The van der Waals surface area contributed by atoms with E-state index in [0.717, 1.165) is 0 Å². The van der Waals surface area contributed by atoms with Gasteiger partial charge in [-0.15, -0.1) is 8.78 Å². The number of benzene rings is 2. The highest BCUT2D eigenvalue weighted by atomic mass is 19.3. The Labute approximate surface area is 141 Å². The lowest BCUT2D eigenvalue weighted by Gasteiger charge is -2.31. The van der Waals surface area contributed by atoms with Crippen LogP contribution in [0.15, 0.2) is 42.5 Å². The number of nitrogens with one attached hydrogen (secondary N) is 1. The first kappa shape index (κ1) is 15.5. The van der Waals surface area contributed by atoms with Crippen LogP contribution in [0.3, 0.4) is 0 Å². The van der Waals surface area contributed by atoms with Crippen molar-refractivity contribution in [3.8, 4) is 23.0 Å².